The molecule has 0 aliphatic rings. The average molecular weight is 455 g/mol. The van der Waals surface area contributed by atoms with Crippen LogP contribution in [-0.4, -0.2) is 43.6 Å². The highest BCUT2D eigenvalue weighted by Gasteiger charge is 2.22. The summed E-state index contributed by atoms with van der Waals surface area (Å²) in [5.41, 5.74) is 8.35. The van der Waals surface area contributed by atoms with E-state index in [0.717, 1.165) is 0 Å². The first-order chi connectivity index (χ1) is 15.4. The first-order valence-corrected chi connectivity index (χ1v) is 10.4. The second kappa shape index (κ2) is 8.89. The molecule has 4 aromatic rings. The zero-order valence-corrected chi connectivity index (χ0v) is 18.4. The van der Waals surface area contributed by atoms with Crippen molar-refractivity contribution in [1.82, 2.24) is 19.4 Å². The number of carbonyl (C=O) groups excluding carboxylic acids is 1. The van der Waals surface area contributed by atoms with Crippen molar-refractivity contribution < 1.29 is 14.6 Å². The van der Waals surface area contributed by atoms with Gasteiger partial charge in [-0.25, -0.2) is 4.52 Å². The van der Waals surface area contributed by atoms with Gasteiger partial charge in [-0.1, -0.05) is 24.6 Å². The number of nitrogens with one attached hydrogen (secondary N) is 1. The van der Waals surface area contributed by atoms with Crippen LogP contribution in [0.5, 0.6) is 5.75 Å². The maximum Gasteiger partial charge on any atom is 0.261 e. The second-order valence-electron chi connectivity index (χ2n) is 7.26. The molecule has 10 heteroatoms. The molecule has 1 atom stereocenters. The minimum absolute atomic E-state index is 0.115. The van der Waals surface area contributed by atoms with Gasteiger partial charge in [0.15, 0.2) is 5.82 Å². The highest BCUT2D eigenvalue weighted by Crippen LogP contribution is 2.36. The topological polar surface area (TPSA) is 120 Å². The zero-order chi connectivity index (χ0) is 22.8. The zero-order valence-electron chi connectivity index (χ0n) is 17.6. The van der Waals surface area contributed by atoms with Gasteiger partial charge in [0.05, 0.1) is 31.0 Å². The molecule has 0 fully saturated rings. The summed E-state index contributed by atoms with van der Waals surface area (Å²) in [5, 5.41) is 22.3. The van der Waals surface area contributed by atoms with Crippen LogP contribution < -0.4 is 15.8 Å². The Hall–Kier alpha value is -3.56. The van der Waals surface area contributed by atoms with Crippen LogP contribution in [0.15, 0.2) is 48.8 Å². The lowest BCUT2D eigenvalue weighted by Gasteiger charge is -2.10. The minimum atomic E-state index is -0.581. The summed E-state index contributed by atoms with van der Waals surface area (Å²) < 4.78 is 8.60. The van der Waals surface area contributed by atoms with Crippen LogP contribution in [0, 0.1) is 0 Å². The molecule has 4 N–H and O–H groups in total. The van der Waals surface area contributed by atoms with Crippen LogP contribution >= 0.6 is 11.6 Å². The number of hydrogen-bond donors (Lipinski definition) is 3. The van der Waals surface area contributed by atoms with Crippen LogP contribution in [0.4, 0.5) is 11.5 Å². The molecule has 9 nitrogen and oxygen atoms in total. The molecule has 0 saturated carbocycles. The van der Waals surface area contributed by atoms with Gasteiger partial charge in [-0.15, -0.1) is 5.10 Å². The average Bonchev–Trinajstić information content (AvgIpc) is 3.32. The number of rotatable bonds is 7. The quantitative estimate of drug-likeness (QED) is 0.393. The number of aliphatic hydroxyl groups is 1. The maximum atomic E-state index is 13.2. The third-order valence-corrected chi connectivity index (χ3v) is 5.32. The lowest BCUT2D eigenvalue weighted by molar-refractivity contribution is 0.102. The molecule has 3 aromatic heterocycles. The van der Waals surface area contributed by atoms with Gasteiger partial charge in [0, 0.05) is 23.0 Å². The van der Waals surface area contributed by atoms with Gasteiger partial charge < -0.3 is 20.9 Å². The molecule has 0 aliphatic heterocycles. The van der Waals surface area contributed by atoms with Crippen molar-refractivity contribution in [1.29, 1.82) is 0 Å². The smallest absolute Gasteiger partial charge is 0.261 e. The number of nitrogen functional groups attached to an aromatic ring is 1. The molecular formula is C22H23ClN6O3. The molecule has 0 saturated heterocycles. The molecule has 4 rings (SSSR count). The van der Waals surface area contributed by atoms with Crippen molar-refractivity contribution in [2.24, 2.45) is 0 Å². The number of carbonyl (C=O) groups is 1. The van der Waals surface area contributed by atoms with Crippen molar-refractivity contribution in [3.05, 3.63) is 59.4 Å². The Morgan fingerprint density at radius 2 is 2.12 bits per heavy atom. The number of benzene rings is 1. The number of pyridine rings is 1. The van der Waals surface area contributed by atoms with Crippen molar-refractivity contribution in [3.63, 3.8) is 0 Å². The van der Waals surface area contributed by atoms with Crippen LogP contribution in [0.3, 0.4) is 0 Å². The lowest BCUT2D eigenvalue weighted by Crippen LogP contribution is -2.15. The number of halogens is 1. The lowest BCUT2D eigenvalue weighted by atomic mass is 10.1. The Labute approximate surface area is 189 Å². The first-order valence-electron chi connectivity index (χ1n) is 10.0. The number of hydrogen-bond acceptors (Lipinski definition) is 6. The van der Waals surface area contributed by atoms with Crippen LogP contribution in [-0.2, 0) is 6.54 Å². The van der Waals surface area contributed by atoms with Crippen molar-refractivity contribution in [3.8, 4) is 17.0 Å². The molecule has 1 amide bonds. The second-order valence-corrected chi connectivity index (χ2v) is 7.70. The Morgan fingerprint density at radius 3 is 2.88 bits per heavy atom. The van der Waals surface area contributed by atoms with Gasteiger partial charge in [0.25, 0.3) is 5.91 Å². The molecule has 0 radical (unpaired) electrons. The molecule has 1 aromatic carbocycles. The van der Waals surface area contributed by atoms with Gasteiger partial charge in [0.1, 0.15) is 17.0 Å². The Bertz CT molecular complexity index is 1280. The summed E-state index contributed by atoms with van der Waals surface area (Å²) in [5.74, 6) is 0.229. The SMILES string of the molecule is CC[C@@H](O)Cn1cc(NC(=O)c2c(N)nn3ccccc23)c(-c2cc(Cl)ccc2OC)n1. The molecule has 3 heterocycles. The van der Waals surface area contributed by atoms with E-state index in [9.17, 15) is 9.90 Å². The first kappa shape index (κ1) is 21.7. The van der Waals surface area contributed by atoms with Crippen molar-refractivity contribution in [2.45, 2.75) is 26.0 Å². The predicted octanol–water partition coefficient (Wildman–Crippen LogP) is 3.47. The van der Waals surface area contributed by atoms with E-state index in [0.29, 0.717) is 39.7 Å². The number of ether oxygens (including phenoxy) is 1. The van der Waals surface area contributed by atoms with Crippen LogP contribution in [0.1, 0.15) is 23.7 Å². The van der Waals surface area contributed by atoms with Gasteiger partial charge in [-0.3, -0.25) is 9.48 Å². The van der Waals surface area contributed by atoms with E-state index in [1.54, 1.807) is 65.1 Å². The van der Waals surface area contributed by atoms with E-state index in [4.69, 9.17) is 22.1 Å². The number of anilines is 2. The third kappa shape index (κ3) is 4.12. The summed E-state index contributed by atoms with van der Waals surface area (Å²) in [6, 6.07) is 10.5. The standard InChI is InChI=1S/C22H23ClN6O3/c1-3-14(30)11-28-12-16(20(26-28)15-10-13(23)7-8-18(15)32-2)25-22(31)19-17-6-4-5-9-29(17)27-21(19)24/h4-10,12,14,30H,3,11H2,1-2H3,(H2,24,27)(H,25,31)/t14-/m1/s1. The number of fused-ring (bicyclic) bond motifs is 1. The predicted molar refractivity (Wildman–Crippen MR) is 123 cm³/mol. The largest absolute Gasteiger partial charge is 0.496 e. The summed E-state index contributed by atoms with van der Waals surface area (Å²) in [4.78, 5) is 13.2. The Balaban J connectivity index is 1.78. The number of aliphatic hydroxyl groups excluding tert-OH is 1. The number of methoxy groups -OCH3 is 1. The van der Waals surface area contributed by atoms with Crippen molar-refractivity contribution >= 4 is 34.5 Å². The van der Waals surface area contributed by atoms with Crippen LogP contribution in [0.2, 0.25) is 5.02 Å². The number of nitrogens with two attached hydrogens (primary N) is 1. The minimum Gasteiger partial charge on any atom is -0.496 e. The fourth-order valence-corrected chi connectivity index (χ4v) is 3.62. The van der Waals surface area contributed by atoms with E-state index < -0.39 is 12.0 Å². The molecule has 0 unspecified atom stereocenters. The molecular weight excluding hydrogens is 432 g/mol. The van der Waals surface area contributed by atoms with Gasteiger partial charge in [0.2, 0.25) is 0 Å². The summed E-state index contributed by atoms with van der Waals surface area (Å²) in [7, 11) is 1.54. The molecule has 32 heavy (non-hydrogen) atoms. The van der Waals surface area contributed by atoms with E-state index >= 15 is 0 Å². The normalized spacial score (nSPS) is 12.1. The van der Waals surface area contributed by atoms with E-state index in [-0.39, 0.29) is 17.9 Å². The fourth-order valence-electron chi connectivity index (χ4n) is 3.45. The third-order valence-electron chi connectivity index (χ3n) is 5.09. The van der Waals surface area contributed by atoms with E-state index in [1.165, 1.54) is 0 Å². The fraction of sp³-hybridized carbons (Fsp3) is 0.227. The molecule has 0 spiro atoms. The maximum absolute atomic E-state index is 13.2. The highest BCUT2D eigenvalue weighted by atomic mass is 35.5. The number of amides is 1. The van der Waals surface area contributed by atoms with Gasteiger partial charge in [-0.05, 0) is 36.8 Å². The van der Waals surface area contributed by atoms with Crippen molar-refractivity contribution in [2.75, 3.05) is 18.2 Å². The van der Waals surface area contributed by atoms with Gasteiger partial charge >= 0.3 is 0 Å². The monoisotopic (exact) mass is 454 g/mol. The Morgan fingerprint density at radius 1 is 1.31 bits per heavy atom. The number of nitrogens with zero attached hydrogens (tertiary/aromatic N) is 4. The molecule has 166 valence electrons. The number of aromatic nitrogens is 4. The summed E-state index contributed by atoms with van der Waals surface area (Å²) >= 11 is 6.22. The molecule has 0 bridgehead atoms. The van der Waals surface area contributed by atoms with E-state index in [2.05, 4.69) is 15.5 Å². The highest BCUT2D eigenvalue weighted by molar-refractivity contribution is 6.31. The summed E-state index contributed by atoms with van der Waals surface area (Å²) in [6.45, 7) is 2.15. The van der Waals surface area contributed by atoms with E-state index in [1.807, 2.05) is 6.92 Å². The Kier molecular flexibility index (Phi) is 6.02. The molecule has 0 aliphatic carbocycles. The van der Waals surface area contributed by atoms with Gasteiger partial charge in [-0.2, -0.15) is 5.10 Å². The van der Waals surface area contributed by atoms with Crippen LogP contribution in [0.25, 0.3) is 16.8 Å². The summed E-state index contributed by atoms with van der Waals surface area (Å²) in [6.07, 6.45) is 3.36.